The maximum atomic E-state index is 12.1. The van der Waals surface area contributed by atoms with Crippen LogP contribution < -0.4 is 5.73 Å². The molecule has 2 saturated carbocycles. The van der Waals surface area contributed by atoms with Crippen LogP contribution in [0.15, 0.2) is 0 Å². The Morgan fingerprint density at radius 3 is 2.47 bits per heavy atom. The van der Waals surface area contributed by atoms with Crippen LogP contribution in [0.1, 0.15) is 32.6 Å². The average molecular weight is 239 g/mol. The predicted molar refractivity (Wildman–Crippen MR) is 68.6 cm³/mol. The van der Waals surface area contributed by atoms with Crippen LogP contribution in [-0.4, -0.2) is 54.5 Å². The molecular formula is C13H25N3O. The lowest BCUT2D eigenvalue weighted by molar-refractivity contribution is -0.132. The summed E-state index contributed by atoms with van der Waals surface area (Å²) in [4.78, 5) is 16.3. The number of carbonyl (C=O) groups is 1. The Balaban J connectivity index is 1.69. The molecule has 2 fully saturated rings. The van der Waals surface area contributed by atoms with Gasteiger partial charge in [0.1, 0.15) is 0 Å². The number of carbonyl (C=O) groups excluding carboxylic acids is 1. The highest BCUT2D eigenvalue weighted by molar-refractivity contribution is 5.78. The predicted octanol–water partition coefficient (Wildman–Crippen LogP) is 0.666. The molecule has 17 heavy (non-hydrogen) atoms. The van der Waals surface area contributed by atoms with E-state index in [1.54, 1.807) is 0 Å². The third-order valence-electron chi connectivity index (χ3n) is 3.90. The molecule has 0 unspecified atom stereocenters. The number of likely N-dealkylation sites (N-methyl/N-ethyl adjacent to an activating group) is 2. The van der Waals surface area contributed by atoms with Crippen molar-refractivity contribution in [3.05, 3.63) is 0 Å². The maximum absolute atomic E-state index is 12.1. The van der Waals surface area contributed by atoms with E-state index in [-0.39, 0.29) is 0 Å². The first-order valence-electron chi connectivity index (χ1n) is 6.83. The molecule has 0 bridgehead atoms. The average Bonchev–Trinajstić information content (AvgIpc) is 3.00. The van der Waals surface area contributed by atoms with Crippen molar-refractivity contribution >= 4 is 5.91 Å². The molecule has 0 aromatic heterocycles. The summed E-state index contributed by atoms with van der Waals surface area (Å²) in [6.07, 6.45) is 4.64. The topological polar surface area (TPSA) is 49.6 Å². The van der Waals surface area contributed by atoms with E-state index >= 15 is 0 Å². The molecule has 2 N–H and O–H groups in total. The number of nitrogens with two attached hydrogens (primary N) is 1. The fourth-order valence-electron chi connectivity index (χ4n) is 2.79. The molecule has 0 heterocycles. The van der Waals surface area contributed by atoms with Gasteiger partial charge in [-0.3, -0.25) is 9.69 Å². The zero-order valence-electron chi connectivity index (χ0n) is 11.1. The molecule has 0 aromatic rings. The lowest BCUT2D eigenvalue weighted by Gasteiger charge is -2.35. The van der Waals surface area contributed by atoms with Gasteiger partial charge >= 0.3 is 0 Å². The van der Waals surface area contributed by atoms with Crippen LogP contribution in [0.3, 0.4) is 0 Å². The van der Waals surface area contributed by atoms with Gasteiger partial charge < -0.3 is 10.6 Å². The number of amides is 1. The fraction of sp³-hybridized carbons (Fsp3) is 0.923. The van der Waals surface area contributed by atoms with Crippen molar-refractivity contribution < 1.29 is 4.79 Å². The lowest BCUT2D eigenvalue weighted by atomic mass is 9.80. The molecule has 98 valence electrons. The second kappa shape index (κ2) is 5.36. The highest BCUT2D eigenvalue weighted by atomic mass is 16.2. The minimum Gasteiger partial charge on any atom is -0.339 e. The van der Waals surface area contributed by atoms with E-state index in [2.05, 4.69) is 11.8 Å². The summed E-state index contributed by atoms with van der Waals surface area (Å²) in [6, 6.07) is 0.945. The monoisotopic (exact) mass is 239 g/mol. The van der Waals surface area contributed by atoms with Crippen LogP contribution in [0.25, 0.3) is 0 Å². The van der Waals surface area contributed by atoms with Gasteiger partial charge in [-0.15, -0.1) is 0 Å². The molecule has 4 heteroatoms. The third kappa shape index (κ3) is 3.42. The van der Waals surface area contributed by atoms with E-state index in [9.17, 15) is 4.79 Å². The highest BCUT2D eigenvalue weighted by Gasteiger charge is 2.32. The van der Waals surface area contributed by atoms with E-state index in [1.807, 2.05) is 11.9 Å². The molecule has 0 saturated heterocycles. The van der Waals surface area contributed by atoms with E-state index in [4.69, 9.17) is 5.73 Å². The molecule has 0 radical (unpaired) electrons. The molecule has 2 aliphatic carbocycles. The summed E-state index contributed by atoms with van der Waals surface area (Å²) < 4.78 is 0. The van der Waals surface area contributed by atoms with Crippen molar-refractivity contribution in [1.29, 1.82) is 0 Å². The fourth-order valence-corrected chi connectivity index (χ4v) is 2.79. The van der Waals surface area contributed by atoms with Crippen LogP contribution in [0, 0.1) is 5.92 Å². The van der Waals surface area contributed by atoms with Gasteiger partial charge in [-0.1, -0.05) is 0 Å². The highest BCUT2D eigenvalue weighted by Crippen LogP contribution is 2.27. The molecule has 1 amide bonds. The summed E-state index contributed by atoms with van der Waals surface area (Å²) in [6.45, 7) is 4.50. The van der Waals surface area contributed by atoms with Crippen molar-refractivity contribution in [3.8, 4) is 0 Å². The van der Waals surface area contributed by atoms with Gasteiger partial charge in [-0.2, -0.15) is 0 Å². The molecule has 2 aliphatic rings. The Hall–Kier alpha value is -0.610. The summed E-state index contributed by atoms with van der Waals surface area (Å²) in [7, 11) is 2.04. The first-order valence-corrected chi connectivity index (χ1v) is 6.83. The summed E-state index contributed by atoms with van der Waals surface area (Å²) in [5.74, 6) is 1.000. The van der Waals surface area contributed by atoms with Crippen molar-refractivity contribution in [2.24, 2.45) is 11.7 Å². The second-order valence-electron chi connectivity index (χ2n) is 5.71. The molecule has 0 aliphatic heterocycles. The zero-order chi connectivity index (χ0) is 12.4. The zero-order valence-corrected chi connectivity index (χ0v) is 11.1. The molecule has 0 atom stereocenters. The number of rotatable bonds is 6. The summed E-state index contributed by atoms with van der Waals surface area (Å²) in [5.41, 5.74) is 5.77. The Labute approximate surface area is 104 Å². The number of hydrogen-bond donors (Lipinski definition) is 1. The van der Waals surface area contributed by atoms with Crippen molar-refractivity contribution in [2.75, 3.05) is 26.7 Å². The van der Waals surface area contributed by atoms with Gasteiger partial charge in [-0.25, -0.2) is 0 Å². The van der Waals surface area contributed by atoms with Gasteiger partial charge in [0.2, 0.25) is 5.91 Å². The largest absolute Gasteiger partial charge is 0.339 e. The maximum Gasteiger partial charge on any atom is 0.236 e. The van der Waals surface area contributed by atoms with Crippen LogP contribution in [0.2, 0.25) is 0 Å². The van der Waals surface area contributed by atoms with E-state index in [0.717, 1.165) is 25.9 Å². The third-order valence-corrected chi connectivity index (χ3v) is 3.90. The minimum atomic E-state index is 0.293. The lowest BCUT2D eigenvalue weighted by Crippen LogP contribution is -2.45. The van der Waals surface area contributed by atoms with E-state index < -0.39 is 0 Å². The quantitative estimate of drug-likeness (QED) is 0.741. The molecule has 0 aromatic carbocycles. The van der Waals surface area contributed by atoms with E-state index in [1.165, 1.54) is 12.8 Å². The van der Waals surface area contributed by atoms with Crippen molar-refractivity contribution in [3.63, 3.8) is 0 Å². The summed E-state index contributed by atoms with van der Waals surface area (Å²) in [5, 5.41) is 0. The molecular weight excluding hydrogens is 214 g/mol. The Kier molecular flexibility index (Phi) is 4.05. The van der Waals surface area contributed by atoms with Crippen LogP contribution in [0.4, 0.5) is 0 Å². The number of hydrogen-bond acceptors (Lipinski definition) is 3. The van der Waals surface area contributed by atoms with Gasteiger partial charge in [0.15, 0.2) is 0 Å². The van der Waals surface area contributed by atoms with Crippen molar-refractivity contribution in [1.82, 2.24) is 9.80 Å². The molecule has 4 nitrogen and oxygen atoms in total. The summed E-state index contributed by atoms with van der Waals surface area (Å²) >= 11 is 0. The SMILES string of the molecule is CCN(C(=O)CN(C)CC1CC(N)C1)C1CC1. The first-order chi connectivity index (χ1) is 8.10. The standard InChI is InChI=1S/C13H25N3O/c1-3-16(12-4-5-12)13(17)9-15(2)8-10-6-11(14)7-10/h10-12H,3-9,14H2,1-2H3. The van der Waals surface area contributed by atoms with Gasteiger partial charge in [-0.05, 0) is 45.6 Å². The molecule has 2 rings (SSSR count). The van der Waals surface area contributed by atoms with Gasteiger partial charge in [0.05, 0.1) is 6.54 Å². The second-order valence-corrected chi connectivity index (χ2v) is 5.71. The van der Waals surface area contributed by atoms with E-state index in [0.29, 0.717) is 30.5 Å². The van der Waals surface area contributed by atoms with Gasteiger partial charge in [0, 0.05) is 25.2 Å². The van der Waals surface area contributed by atoms with Crippen LogP contribution in [0.5, 0.6) is 0 Å². The Morgan fingerprint density at radius 1 is 1.35 bits per heavy atom. The smallest absolute Gasteiger partial charge is 0.236 e. The first kappa shape index (κ1) is 12.8. The molecule has 0 spiro atoms. The van der Waals surface area contributed by atoms with Crippen LogP contribution >= 0.6 is 0 Å². The van der Waals surface area contributed by atoms with Crippen LogP contribution in [-0.2, 0) is 4.79 Å². The Bertz CT molecular complexity index is 272. The number of nitrogens with zero attached hydrogens (tertiary/aromatic N) is 2. The minimum absolute atomic E-state index is 0.293. The van der Waals surface area contributed by atoms with Crippen molar-refractivity contribution in [2.45, 2.75) is 44.7 Å². The Morgan fingerprint density at radius 2 is 2.00 bits per heavy atom. The van der Waals surface area contributed by atoms with Gasteiger partial charge in [0.25, 0.3) is 0 Å². The normalized spacial score (nSPS) is 28.0.